The van der Waals surface area contributed by atoms with Crippen molar-refractivity contribution in [3.8, 4) is 0 Å². The van der Waals surface area contributed by atoms with E-state index in [1.54, 1.807) is 30.3 Å². The molecule has 3 aromatic rings. The maximum atomic E-state index is 12.3. The molecule has 0 spiro atoms. The van der Waals surface area contributed by atoms with Crippen LogP contribution in [-0.2, 0) is 6.54 Å². The smallest absolute Gasteiger partial charge is 0.319 e. The first-order valence-corrected chi connectivity index (χ1v) is 6.90. The summed E-state index contributed by atoms with van der Waals surface area (Å²) in [4.78, 5) is 27.0. The number of rotatable bonds is 3. The molecule has 2 amide bonds. The molecule has 22 heavy (non-hydrogen) atoms. The number of furan rings is 1. The highest BCUT2D eigenvalue weighted by Gasteiger charge is 2.10. The van der Waals surface area contributed by atoms with E-state index in [1.165, 1.54) is 12.5 Å². The van der Waals surface area contributed by atoms with Gasteiger partial charge in [-0.25, -0.2) is 4.79 Å². The van der Waals surface area contributed by atoms with Crippen LogP contribution in [0.3, 0.4) is 0 Å². The van der Waals surface area contributed by atoms with Crippen LogP contribution in [0, 0.1) is 0 Å². The standard InChI is InChI=1S/C15H12ClN3O3/c16-11-5-1-4-10-13(11)17-8-12(14(10)20)19-15(21)18-7-9-3-2-6-22-9/h1-6,8H,7H2,(H,17,20)(H2,18,19,21). The maximum absolute atomic E-state index is 12.3. The van der Waals surface area contributed by atoms with E-state index >= 15 is 0 Å². The summed E-state index contributed by atoms with van der Waals surface area (Å²) < 4.78 is 5.10. The fourth-order valence-electron chi connectivity index (χ4n) is 2.05. The molecule has 3 N–H and O–H groups in total. The highest BCUT2D eigenvalue weighted by atomic mass is 35.5. The van der Waals surface area contributed by atoms with Crippen molar-refractivity contribution in [1.29, 1.82) is 0 Å². The van der Waals surface area contributed by atoms with Gasteiger partial charge in [0.05, 0.1) is 23.3 Å². The van der Waals surface area contributed by atoms with Crippen LogP contribution in [0.5, 0.6) is 0 Å². The fraction of sp³-hybridized carbons (Fsp3) is 0.0667. The van der Waals surface area contributed by atoms with Crippen molar-refractivity contribution in [3.05, 3.63) is 63.8 Å². The molecule has 2 aromatic heterocycles. The van der Waals surface area contributed by atoms with Crippen LogP contribution < -0.4 is 16.1 Å². The third-order valence-electron chi connectivity index (χ3n) is 3.12. The van der Waals surface area contributed by atoms with Crippen LogP contribution >= 0.6 is 11.6 Å². The molecule has 0 saturated heterocycles. The first-order valence-electron chi connectivity index (χ1n) is 6.52. The van der Waals surface area contributed by atoms with Crippen molar-refractivity contribution < 1.29 is 9.21 Å². The molecule has 7 heteroatoms. The van der Waals surface area contributed by atoms with Gasteiger partial charge in [-0.2, -0.15) is 0 Å². The molecule has 0 bridgehead atoms. The van der Waals surface area contributed by atoms with Crippen molar-refractivity contribution in [2.24, 2.45) is 0 Å². The molecular formula is C15H12ClN3O3. The molecule has 0 atom stereocenters. The van der Waals surface area contributed by atoms with Gasteiger partial charge in [0.1, 0.15) is 11.4 Å². The number of pyridine rings is 1. The molecule has 0 unspecified atom stereocenters. The minimum absolute atomic E-state index is 0.145. The van der Waals surface area contributed by atoms with E-state index in [0.717, 1.165) is 0 Å². The van der Waals surface area contributed by atoms with Crippen LogP contribution in [0.1, 0.15) is 5.76 Å². The number of urea groups is 1. The fourth-order valence-corrected chi connectivity index (χ4v) is 2.28. The predicted molar refractivity (Wildman–Crippen MR) is 84.1 cm³/mol. The summed E-state index contributed by atoms with van der Waals surface area (Å²) in [6, 6.07) is 7.98. The SMILES string of the molecule is O=C(NCc1ccco1)Nc1c[nH]c2c(Cl)cccc2c1=O. The summed E-state index contributed by atoms with van der Waals surface area (Å²) in [6.45, 7) is 0.232. The van der Waals surface area contributed by atoms with E-state index < -0.39 is 6.03 Å². The van der Waals surface area contributed by atoms with E-state index in [0.29, 0.717) is 21.7 Å². The first kappa shape index (κ1) is 14.2. The molecule has 2 heterocycles. The average molecular weight is 318 g/mol. The summed E-state index contributed by atoms with van der Waals surface area (Å²) in [7, 11) is 0. The lowest BCUT2D eigenvalue weighted by Gasteiger charge is -2.07. The van der Waals surface area contributed by atoms with Crippen LogP contribution in [0.4, 0.5) is 10.5 Å². The number of nitrogens with one attached hydrogen (secondary N) is 3. The Morgan fingerprint density at radius 2 is 2.14 bits per heavy atom. The van der Waals surface area contributed by atoms with E-state index in [4.69, 9.17) is 16.0 Å². The molecule has 0 aliphatic heterocycles. The summed E-state index contributed by atoms with van der Waals surface area (Å²) in [5, 5.41) is 5.96. The second kappa shape index (κ2) is 5.95. The number of fused-ring (bicyclic) bond motifs is 1. The summed E-state index contributed by atoms with van der Waals surface area (Å²) in [6.07, 6.45) is 2.94. The number of carbonyl (C=O) groups excluding carboxylic acids is 1. The van der Waals surface area contributed by atoms with Crippen molar-refractivity contribution in [2.45, 2.75) is 6.54 Å². The minimum atomic E-state index is -0.497. The second-order valence-corrected chi connectivity index (χ2v) is 4.99. The minimum Gasteiger partial charge on any atom is -0.467 e. The van der Waals surface area contributed by atoms with Gasteiger partial charge in [0.2, 0.25) is 5.43 Å². The number of aromatic nitrogens is 1. The first-order chi connectivity index (χ1) is 10.6. The Morgan fingerprint density at radius 3 is 2.91 bits per heavy atom. The largest absolute Gasteiger partial charge is 0.467 e. The zero-order valence-corrected chi connectivity index (χ0v) is 12.1. The lowest BCUT2D eigenvalue weighted by atomic mass is 10.2. The third kappa shape index (κ3) is 2.82. The van der Waals surface area contributed by atoms with Gasteiger partial charge in [0.15, 0.2) is 0 Å². The normalized spacial score (nSPS) is 10.6. The zero-order valence-electron chi connectivity index (χ0n) is 11.4. The van der Waals surface area contributed by atoms with E-state index in [2.05, 4.69) is 15.6 Å². The Balaban J connectivity index is 1.78. The van der Waals surface area contributed by atoms with E-state index in [-0.39, 0.29) is 17.7 Å². The lowest BCUT2D eigenvalue weighted by molar-refractivity contribution is 0.251. The van der Waals surface area contributed by atoms with Gasteiger partial charge in [-0.05, 0) is 24.3 Å². The van der Waals surface area contributed by atoms with Gasteiger partial charge in [0, 0.05) is 11.6 Å². The third-order valence-corrected chi connectivity index (χ3v) is 3.43. The van der Waals surface area contributed by atoms with E-state index in [9.17, 15) is 9.59 Å². The molecule has 0 saturated carbocycles. The number of anilines is 1. The van der Waals surface area contributed by atoms with Crippen LogP contribution in [0.2, 0.25) is 5.02 Å². The molecule has 3 rings (SSSR count). The highest BCUT2D eigenvalue weighted by molar-refractivity contribution is 6.35. The number of halogens is 1. The Bertz CT molecular complexity index is 871. The van der Waals surface area contributed by atoms with Crippen LogP contribution in [0.15, 0.2) is 52.0 Å². The lowest BCUT2D eigenvalue weighted by Crippen LogP contribution is -2.30. The van der Waals surface area contributed by atoms with Gasteiger partial charge in [-0.15, -0.1) is 0 Å². The summed E-state index contributed by atoms with van der Waals surface area (Å²) in [5.74, 6) is 0.620. The number of H-pyrrole nitrogens is 1. The van der Waals surface area contributed by atoms with Gasteiger partial charge in [-0.3, -0.25) is 4.79 Å². The number of para-hydroxylation sites is 1. The van der Waals surface area contributed by atoms with Gasteiger partial charge in [-0.1, -0.05) is 17.7 Å². The molecule has 6 nitrogen and oxygen atoms in total. The molecule has 112 valence electrons. The Labute approximate surface area is 130 Å². The predicted octanol–water partition coefficient (Wildman–Crippen LogP) is 3.10. The monoisotopic (exact) mass is 317 g/mol. The number of carbonyl (C=O) groups is 1. The van der Waals surface area contributed by atoms with Crippen molar-refractivity contribution >= 4 is 34.2 Å². The number of aromatic amines is 1. The Morgan fingerprint density at radius 1 is 1.27 bits per heavy atom. The number of hydrogen-bond acceptors (Lipinski definition) is 3. The number of benzene rings is 1. The molecule has 0 radical (unpaired) electrons. The summed E-state index contributed by atoms with van der Waals surface area (Å²) >= 11 is 6.01. The Kier molecular flexibility index (Phi) is 3.84. The Hall–Kier alpha value is -2.73. The zero-order chi connectivity index (χ0) is 15.5. The van der Waals surface area contributed by atoms with Gasteiger partial charge < -0.3 is 20.0 Å². The number of hydrogen-bond donors (Lipinski definition) is 3. The van der Waals surface area contributed by atoms with Gasteiger partial charge in [0.25, 0.3) is 0 Å². The topological polar surface area (TPSA) is 87.1 Å². The average Bonchev–Trinajstić information content (AvgIpc) is 3.02. The number of amides is 2. The molecular weight excluding hydrogens is 306 g/mol. The van der Waals surface area contributed by atoms with E-state index in [1.807, 2.05) is 0 Å². The van der Waals surface area contributed by atoms with Crippen LogP contribution in [-0.4, -0.2) is 11.0 Å². The van der Waals surface area contributed by atoms with Crippen LogP contribution in [0.25, 0.3) is 10.9 Å². The quantitative estimate of drug-likeness (QED) is 0.693. The maximum Gasteiger partial charge on any atom is 0.319 e. The molecule has 0 aliphatic rings. The highest BCUT2D eigenvalue weighted by Crippen LogP contribution is 2.19. The molecule has 0 fully saturated rings. The molecule has 1 aromatic carbocycles. The van der Waals surface area contributed by atoms with Crippen molar-refractivity contribution in [3.63, 3.8) is 0 Å². The van der Waals surface area contributed by atoms with Gasteiger partial charge >= 0.3 is 6.03 Å². The van der Waals surface area contributed by atoms with Crippen molar-refractivity contribution in [2.75, 3.05) is 5.32 Å². The molecule has 0 aliphatic carbocycles. The second-order valence-electron chi connectivity index (χ2n) is 4.58. The summed E-state index contributed by atoms with van der Waals surface area (Å²) in [5.41, 5.74) is 0.381. The van der Waals surface area contributed by atoms with Crippen molar-refractivity contribution in [1.82, 2.24) is 10.3 Å².